The van der Waals surface area contributed by atoms with Gasteiger partial charge in [-0.25, -0.2) is 17.8 Å². The Bertz CT molecular complexity index is 746. The predicted molar refractivity (Wildman–Crippen MR) is 82.6 cm³/mol. The molecule has 8 heteroatoms. The Hall–Kier alpha value is -1.67. The predicted octanol–water partition coefficient (Wildman–Crippen LogP) is 3.10. The van der Waals surface area contributed by atoms with Crippen molar-refractivity contribution in [2.24, 2.45) is 0 Å². The number of nitrogens with zero attached hydrogens (tertiary/aromatic N) is 1. The number of nitrogens with two attached hydrogens (primary N) is 1. The molecule has 0 saturated carbocycles. The minimum atomic E-state index is -3.91. The summed E-state index contributed by atoms with van der Waals surface area (Å²) in [7, 11) is -3.91. The standard InChI is InChI=1S/C13H16FN3O2S2/c1-7(2)12-6-20-13(16-12)17-21(18,19)9-4-10(14)8(3)11(15)5-9/h4-7H,15H2,1-3H3,(H,16,17). The van der Waals surface area contributed by atoms with E-state index in [9.17, 15) is 12.8 Å². The molecule has 0 unspecified atom stereocenters. The number of halogens is 1. The molecule has 2 aromatic rings. The van der Waals surface area contributed by atoms with E-state index in [1.807, 2.05) is 13.8 Å². The minimum Gasteiger partial charge on any atom is -0.398 e. The molecule has 21 heavy (non-hydrogen) atoms. The molecule has 0 bridgehead atoms. The molecular weight excluding hydrogens is 313 g/mol. The molecule has 0 aliphatic heterocycles. The summed E-state index contributed by atoms with van der Waals surface area (Å²) in [5.74, 6) is -0.454. The first-order valence-electron chi connectivity index (χ1n) is 6.24. The van der Waals surface area contributed by atoms with Gasteiger partial charge in [0, 0.05) is 16.6 Å². The Morgan fingerprint density at radius 3 is 2.57 bits per heavy atom. The van der Waals surface area contributed by atoms with E-state index in [0.29, 0.717) is 0 Å². The van der Waals surface area contributed by atoms with Crippen LogP contribution < -0.4 is 10.5 Å². The summed E-state index contributed by atoms with van der Waals surface area (Å²) < 4.78 is 40.4. The normalized spacial score (nSPS) is 11.9. The number of sulfonamides is 1. The summed E-state index contributed by atoms with van der Waals surface area (Å²) in [6.45, 7) is 5.41. The lowest BCUT2D eigenvalue weighted by atomic mass is 10.2. The van der Waals surface area contributed by atoms with Gasteiger partial charge in [0.25, 0.3) is 10.0 Å². The number of hydrogen-bond acceptors (Lipinski definition) is 5. The van der Waals surface area contributed by atoms with E-state index in [1.54, 1.807) is 5.38 Å². The number of aromatic nitrogens is 1. The van der Waals surface area contributed by atoms with Crippen molar-refractivity contribution >= 4 is 32.2 Å². The lowest BCUT2D eigenvalue weighted by Crippen LogP contribution is -2.14. The van der Waals surface area contributed by atoms with E-state index < -0.39 is 15.8 Å². The molecule has 3 N–H and O–H groups in total. The highest BCUT2D eigenvalue weighted by atomic mass is 32.2. The third-order valence-electron chi connectivity index (χ3n) is 3.00. The molecule has 1 aromatic heterocycles. The second-order valence-corrected chi connectivity index (χ2v) is 7.50. The zero-order valence-electron chi connectivity index (χ0n) is 11.8. The van der Waals surface area contributed by atoms with Gasteiger partial charge in [-0.1, -0.05) is 13.8 Å². The summed E-state index contributed by atoms with van der Waals surface area (Å²) in [4.78, 5) is 3.97. The largest absolute Gasteiger partial charge is 0.398 e. The Morgan fingerprint density at radius 1 is 1.38 bits per heavy atom. The van der Waals surface area contributed by atoms with Crippen molar-refractivity contribution in [3.63, 3.8) is 0 Å². The van der Waals surface area contributed by atoms with Crippen molar-refractivity contribution in [2.75, 3.05) is 10.5 Å². The summed E-state index contributed by atoms with van der Waals surface area (Å²) in [5, 5.41) is 2.03. The maximum absolute atomic E-state index is 13.6. The second-order valence-electron chi connectivity index (χ2n) is 4.96. The summed E-state index contributed by atoms with van der Waals surface area (Å²) in [6.07, 6.45) is 0. The molecule has 0 radical (unpaired) electrons. The first-order valence-corrected chi connectivity index (χ1v) is 8.61. The number of thiazole rings is 1. The van der Waals surface area contributed by atoms with Gasteiger partial charge in [-0.05, 0) is 25.0 Å². The van der Waals surface area contributed by atoms with Crippen molar-refractivity contribution in [3.8, 4) is 0 Å². The molecule has 1 heterocycles. The molecule has 0 aliphatic rings. The average Bonchev–Trinajstić information content (AvgIpc) is 2.83. The van der Waals surface area contributed by atoms with Crippen LogP contribution in [0.3, 0.4) is 0 Å². The highest BCUT2D eigenvalue weighted by Gasteiger charge is 2.19. The maximum atomic E-state index is 13.6. The summed E-state index contributed by atoms with van der Waals surface area (Å²) >= 11 is 1.18. The Kier molecular flexibility index (Phi) is 4.20. The SMILES string of the molecule is Cc1c(N)cc(S(=O)(=O)Nc2nc(C(C)C)cs2)cc1F. The molecule has 0 amide bonds. The molecule has 5 nitrogen and oxygen atoms in total. The van der Waals surface area contributed by atoms with Crippen molar-refractivity contribution < 1.29 is 12.8 Å². The molecule has 0 atom stereocenters. The minimum absolute atomic E-state index is 0.0948. The number of nitrogens with one attached hydrogen (secondary N) is 1. The van der Waals surface area contributed by atoms with Crippen LogP contribution in [-0.4, -0.2) is 13.4 Å². The molecule has 0 aliphatic carbocycles. The highest BCUT2D eigenvalue weighted by Crippen LogP contribution is 2.26. The van der Waals surface area contributed by atoms with Crippen LogP contribution in [0.4, 0.5) is 15.2 Å². The van der Waals surface area contributed by atoms with Crippen LogP contribution in [-0.2, 0) is 10.0 Å². The Morgan fingerprint density at radius 2 is 2.05 bits per heavy atom. The first kappa shape index (κ1) is 15.7. The Labute approximate surface area is 127 Å². The van der Waals surface area contributed by atoms with Crippen molar-refractivity contribution in [2.45, 2.75) is 31.6 Å². The number of anilines is 2. The van der Waals surface area contributed by atoms with Gasteiger partial charge in [0.05, 0.1) is 10.6 Å². The van der Waals surface area contributed by atoms with E-state index in [2.05, 4.69) is 9.71 Å². The van der Waals surface area contributed by atoms with Gasteiger partial charge < -0.3 is 5.73 Å². The van der Waals surface area contributed by atoms with Gasteiger partial charge in [0.1, 0.15) is 5.82 Å². The topological polar surface area (TPSA) is 85.1 Å². The smallest absolute Gasteiger partial charge is 0.263 e. The summed E-state index contributed by atoms with van der Waals surface area (Å²) in [6, 6.07) is 2.18. The van der Waals surface area contributed by atoms with Gasteiger partial charge in [-0.2, -0.15) is 0 Å². The molecular formula is C13H16FN3O2S2. The van der Waals surface area contributed by atoms with Crippen LogP contribution in [0.2, 0.25) is 0 Å². The van der Waals surface area contributed by atoms with Gasteiger partial charge in [0.15, 0.2) is 5.13 Å². The molecule has 2 rings (SSSR count). The number of nitrogen functional groups attached to an aromatic ring is 1. The van der Waals surface area contributed by atoms with Crippen molar-refractivity contribution in [1.29, 1.82) is 0 Å². The van der Waals surface area contributed by atoms with E-state index in [-0.39, 0.29) is 27.2 Å². The van der Waals surface area contributed by atoms with Gasteiger partial charge in [-0.3, -0.25) is 4.72 Å². The molecule has 114 valence electrons. The van der Waals surface area contributed by atoms with E-state index in [4.69, 9.17) is 5.73 Å². The van der Waals surface area contributed by atoms with Gasteiger partial charge in [0.2, 0.25) is 0 Å². The van der Waals surface area contributed by atoms with Crippen LogP contribution >= 0.6 is 11.3 Å². The fourth-order valence-electron chi connectivity index (χ4n) is 1.60. The second kappa shape index (κ2) is 5.61. The number of hydrogen-bond donors (Lipinski definition) is 2. The van der Waals surface area contributed by atoms with Crippen molar-refractivity contribution in [3.05, 3.63) is 34.6 Å². The van der Waals surface area contributed by atoms with Crippen LogP contribution in [0.5, 0.6) is 0 Å². The van der Waals surface area contributed by atoms with Crippen LogP contribution in [0.25, 0.3) is 0 Å². The molecule has 0 spiro atoms. The molecule has 1 aromatic carbocycles. The lowest BCUT2D eigenvalue weighted by Gasteiger charge is -2.08. The first-order chi connectivity index (χ1) is 9.70. The average molecular weight is 329 g/mol. The third kappa shape index (κ3) is 3.33. The summed E-state index contributed by atoms with van der Waals surface area (Å²) in [5.41, 5.74) is 6.73. The lowest BCUT2D eigenvalue weighted by molar-refractivity contribution is 0.593. The van der Waals surface area contributed by atoms with Gasteiger partial charge in [-0.15, -0.1) is 11.3 Å². The van der Waals surface area contributed by atoms with Crippen LogP contribution in [0.15, 0.2) is 22.4 Å². The zero-order valence-corrected chi connectivity index (χ0v) is 13.5. The van der Waals surface area contributed by atoms with Crippen LogP contribution in [0.1, 0.15) is 31.0 Å². The van der Waals surface area contributed by atoms with Gasteiger partial charge >= 0.3 is 0 Å². The van der Waals surface area contributed by atoms with E-state index in [0.717, 1.165) is 11.8 Å². The quantitative estimate of drug-likeness (QED) is 0.844. The number of benzene rings is 1. The molecule has 0 fully saturated rings. The highest BCUT2D eigenvalue weighted by molar-refractivity contribution is 7.93. The Balaban J connectivity index is 2.33. The van der Waals surface area contributed by atoms with Crippen LogP contribution in [0, 0.1) is 12.7 Å². The van der Waals surface area contributed by atoms with Crippen molar-refractivity contribution in [1.82, 2.24) is 4.98 Å². The van der Waals surface area contributed by atoms with E-state index in [1.165, 1.54) is 24.3 Å². The maximum Gasteiger partial charge on any atom is 0.263 e. The zero-order chi connectivity index (χ0) is 15.8. The number of rotatable bonds is 4. The third-order valence-corrected chi connectivity index (χ3v) is 5.23. The fourth-order valence-corrected chi connectivity index (χ4v) is 3.77. The van der Waals surface area contributed by atoms with E-state index >= 15 is 0 Å². The fraction of sp³-hybridized carbons (Fsp3) is 0.308. The monoisotopic (exact) mass is 329 g/mol. The molecule has 0 saturated heterocycles.